The molecule has 104 valence electrons. The van der Waals surface area contributed by atoms with Gasteiger partial charge in [-0.15, -0.1) is 0 Å². The number of benzene rings is 1. The maximum atomic E-state index is 11.3. The van der Waals surface area contributed by atoms with Crippen LogP contribution in [0.4, 0.5) is 0 Å². The average Bonchev–Trinajstić information content (AvgIpc) is 2.53. The Morgan fingerprint density at radius 3 is 2.60 bits per heavy atom. The second-order valence-electron chi connectivity index (χ2n) is 3.95. The number of methoxy groups -OCH3 is 1. The molecule has 0 unspecified atom stereocenters. The first-order valence-electron chi connectivity index (χ1n) is 5.96. The number of rotatable bonds is 5. The first kappa shape index (κ1) is 13.8. The van der Waals surface area contributed by atoms with Gasteiger partial charge in [0.15, 0.2) is 11.5 Å². The summed E-state index contributed by atoms with van der Waals surface area (Å²) in [5.74, 6) is 5.96. The number of aromatic nitrogens is 1. The van der Waals surface area contributed by atoms with E-state index >= 15 is 0 Å². The van der Waals surface area contributed by atoms with E-state index in [2.05, 4.69) is 4.98 Å². The lowest BCUT2D eigenvalue weighted by molar-refractivity contribution is 0.0953. The molecule has 0 saturated carbocycles. The van der Waals surface area contributed by atoms with Crippen molar-refractivity contribution in [2.75, 3.05) is 7.11 Å². The minimum atomic E-state index is -0.380. The fourth-order valence-electron chi connectivity index (χ4n) is 1.62. The van der Waals surface area contributed by atoms with Crippen LogP contribution in [0.5, 0.6) is 11.5 Å². The van der Waals surface area contributed by atoms with Crippen molar-refractivity contribution in [3.8, 4) is 11.5 Å². The van der Waals surface area contributed by atoms with Crippen molar-refractivity contribution in [3.63, 3.8) is 0 Å². The summed E-state index contributed by atoms with van der Waals surface area (Å²) in [4.78, 5) is 15.4. The molecule has 0 aliphatic carbocycles. The van der Waals surface area contributed by atoms with Crippen molar-refractivity contribution in [1.29, 1.82) is 0 Å². The van der Waals surface area contributed by atoms with E-state index in [4.69, 9.17) is 15.3 Å². The van der Waals surface area contributed by atoms with Gasteiger partial charge in [0.25, 0.3) is 5.91 Å². The molecule has 2 aromatic rings. The molecule has 1 heterocycles. The van der Waals surface area contributed by atoms with Crippen molar-refractivity contribution in [1.82, 2.24) is 10.4 Å². The zero-order valence-corrected chi connectivity index (χ0v) is 11.0. The zero-order chi connectivity index (χ0) is 14.4. The van der Waals surface area contributed by atoms with E-state index in [1.807, 2.05) is 29.7 Å². The van der Waals surface area contributed by atoms with Crippen LogP contribution >= 0.6 is 0 Å². The number of nitrogens with two attached hydrogens (primary N) is 1. The topological polar surface area (TPSA) is 86.5 Å². The summed E-state index contributed by atoms with van der Waals surface area (Å²) in [6.45, 7) is 0.283. The minimum absolute atomic E-state index is 0.283. The van der Waals surface area contributed by atoms with Gasteiger partial charge in [-0.05, 0) is 24.3 Å². The maximum absolute atomic E-state index is 11.3. The zero-order valence-electron chi connectivity index (χ0n) is 11.0. The van der Waals surface area contributed by atoms with Crippen molar-refractivity contribution in [2.24, 2.45) is 5.84 Å². The van der Waals surface area contributed by atoms with Gasteiger partial charge < -0.3 is 9.47 Å². The fraction of sp³-hybridized carbons (Fsp3) is 0.143. The molecule has 3 N–H and O–H groups in total. The highest BCUT2D eigenvalue weighted by Gasteiger charge is 2.06. The Morgan fingerprint density at radius 2 is 2.00 bits per heavy atom. The summed E-state index contributed by atoms with van der Waals surface area (Å²) >= 11 is 0. The normalized spacial score (nSPS) is 9.90. The van der Waals surface area contributed by atoms with Gasteiger partial charge in [-0.25, -0.2) is 5.84 Å². The molecule has 0 radical (unpaired) electrons. The third kappa shape index (κ3) is 3.24. The first-order chi connectivity index (χ1) is 9.74. The van der Waals surface area contributed by atoms with Gasteiger partial charge in [0.2, 0.25) is 0 Å². The first-order valence-corrected chi connectivity index (χ1v) is 5.96. The lowest BCUT2D eigenvalue weighted by Gasteiger charge is -2.10. The van der Waals surface area contributed by atoms with Gasteiger partial charge in [-0.1, -0.05) is 12.1 Å². The van der Waals surface area contributed by atoms with Crippen molar-refractivity contribution in [2.45, 2.75) is 6.61 Å². The standard InChI is InChI=1S/C14H15N3O3/c1-19-12-4-2-3-5-13(12)20-9-11-7-6-10(8-16-11)14(18)17-15/h2-8H,9,15H2,1H3,(H,17,18). The molecule has 0 aliphatic rings. The highest BCUT2D eigenvalue weighted by molar-refractivity contribution is 5.93. The Morgan fingerprint density at radius 1 is 1.25 bits per heavy atom. The predicted octanol–water partition coefficient (Wildman–Crippen LogP) is 1.27. The smallest absolute Gasteiger partial charge is 0.266 e. The number of carbonyl (C=O) groups excluding carboxylic acids is 1. The minimum Gasteiger partial charge on any atom is -0.493 e. The molecule has 6 nitrogen and oxygen atoms in total. The number of nitrogens with zero attached hydrogens (tertiary/aromatic N) is 1. The second kappa shape index (κ2) is 6.53. The van der Waals surface area contributed by atoms with Crippen LogP contribution < -0.4 is 20.7 Å². The number of hydrogen-bond donors (Lipinski definition) is 2. The number of nitrogens with one attached hydrogen (secondary N) is 1. The van der Waals surface area contributed by atoms with Crippen LogP contribution in [-0.2, 0) is 6.61 Å². The molecule has 1 amide bonds. The Bertz CT molecular complexity index is 584. The summed E-state index contributed by atoms with van der Waals surface area (Å²) in [6.07, 6.45) is 1.45. The van der Waals surface area contributed by atoms with Crippen LogP contribution in [0.3, 0.4) is 0 Å². The van der Waals surface area contributed by atoms with Crippen LogP contribution in [0.1, 0.15) is 16.1 Å². The van der Waals surface area contributed by atoms with Gasteiger partial charge in [-0.3, -0.25) is 15.2 Å². The van der Waals surface area contributed by atoms with Crippen LogP contribution in [0.25, 0.3) is 0 Å². The van der Waals surface area contributed by atoms with Crippen LogP contribution in [0, 0.1) is 0 Å². The fourth-order valence-corrected chi connectivity index (χ4v) is 1.62. The molecule has 20 heavy (non-hydrogen) atoms. The molecule has 6 heteroatoms. The van der Waals surface area contributed by atoms with Gasteiger partial charge in [0, 0.05) is 6.20 Å². The molecule has 0 spiro atoms. The maximum Gasteiger partial charge on any atom is 0.266 e. The van der Waals surface area contributed by atoms with E-state index in [0.717, 1.165) is 0 Å². The molecule has 0 aliphatic heterocycles. The van der Waals surface area contributed by atoms with Crippen LogP contribution in [-0.4, -0.2) is 18.0 Å². The van der Waals surface area contributed by atoms with Gasteiger partial charge in [-0.2, -0.15) is 0 Å². The molecule has 2 rings (SSSR count). The Balaban J connectivity index is 2.02. The van der Waals surface area contributed by atoms with Gasteiger partial charge in [0.05, 0.1) is 18.4 Å². The van der Waals surface area contributed by atoms with Gasteiger partial charge in [0.1, 0.15) is 6.61 Å². The number of hydrogen-bond acceptors (Lipinski definition) is 5. The molecule has 1 aromatic carbocycles. The summed E-state index contributed by atoms with van der Waals surface area (Å²) < 4.78 is 10.8. The third-order valence-electron chi connectivity index (χ3n) is 2.66. The average molecular weight is 273 g/mol. The van der Waals surface area contributed by atoms with E-state index in [1.165, 1.54) is 6.20 Å². The van der Waals surface area contributed by atoms with Gasteiger partial charge >= 0.3 is 0 Å². The Labute approximate surface area is 116 Å². The van der Waals surface area contributed by atoms with Crippen molar-refractivity contribution in [3.05, 3.63) is 53.9 Å². The molecule has 0 saturated heterocycles. The third-order valence-corrected chi connectivity index (χ3v) is 2.66. The molecular formula is C14H15N3O3. The van der Waals surface area contributed by atoms with Crippen LogP contribution in [0.15, 0.2) is 42.6 Å². The summed E-state index contributed by atoms with van der Waals surface area (Å²) in [7, 11) is 1.58. The van der Waals surface area contributed by atoms with Crippen LogP contribution in [0.2, 0.25) is 0 Å². The van der Waals surface area contributed by atoms with E-state index in [1.54, 1.807) is 19.2 Å². The van der Waals surface area contributed by atoms with Crippen molar-refractivity contribution >= 4 is 5.91 Å². The Hall–Kier alpha value is -2.60. The molecule has 1 aromatic heterocycles. The van der Waals surface area contributed by atoms with E-state index < -0.39 is 0 Å². The number of amides is 1. The lowest BCUT2D eigenvalue weighted by Crippen LogP contribution is -2.30. The SMILES string of the molecule is COc1ccccc1OCc1ccc(C(=O)NN)cn1. The predicted molar refractivity (Wildman–Crippen MR) is 73.2 cm³/mol. The quantitative estimate of drug-likeness (QED) is 0.487. The number of pyridine rings is 1. The Kier molecular flexibility index (Phi) is 4.52. The molecule has 0 atom stereocenters. The highest BCUT2D eigenvalue weighted by atomic mass is 16.5. The van der Waals surface area contributed by atoms with E-state index in [0.29, 0.717) is 22.8 Å². The monoisotopic (exact) mass is 273 g/mol. The molecule has 0 fully saturated rings. The summed E-state index contributed by atoms with van der Waals surface area (Å²) in [6, 6.07) is 10.7. The number of ether oxygens (including phenoxy) is 2. The summed E-state index contributed by atoms with van der Waals surface area (Å²) in [5.41, 5.74) is 3.14. The largest absolute Gasteiger partial charge is 0.493 e. The van der Waals surface area contributed by atoms with E-state index in [-0.39, 0.29) is 12.5 Å². The summed E-state index contributed by atoms with van der Waals surface area (Å²) in [5, 5.41) is 0. The number of hydrazine groups is 1. The number of nitrogen functional groups attached to an aromatic ring is 1. The number of carbonyl (C=O) groups is 1. The number of para-hydroxylation sites is 2. The molecular weight excluding hydrogens is 258 g/mol. The highest BCUT2D eigenvalue weighted by Crippen LogP contribution is 2.26. The van der Waals surface area contributed by atoms with E-state index in [9.17, 15) is 4.79 Å². The van der Waals surface area contributed by atoms with Crippen molar-refractivity contribution < 1.29 is 14.3 Å². The second-order valence-corrected chi connectivity index (χ2v) is 3.95. The molecule has 0 bridgehead atoms. The lowest BCUT2D eigenvalue weighted by atomic mass is 10.2.